The second kappa shape index (κ2) is 5.36. The molecule has 0 spiro atoms. The molecule has 3 rings (SSSR count). The molecule has 2 aromatic rings. The third kappa shape index (κ3) is 2.71. The average molecular weight is 279 g/mol. The number of carbonyl (C=O) groups excluding carboxylic acids is 1. The van der Waals surface area contributed by atoms with Crippen LogP contribution >= 0.6 is 0 Å². The molecule has 1 saturated heterocycles. The van der Waals surface area contributed by atoms with Crippen molar-refractivity contribution in [3.8, 4) is 11.1 Å². The number of nitrogens with one attached hydrogen (secondary N) is 1. The van der Waals surface area contributed by atoms with Gasteiger partial charge in [-0.3, -0.25) is 4.79 Å². The topological polar surface area (TPSA) is 29.1 Å². The van der Waals surface area contributed by atoms with Gasteiger partial charge in [-0.05, 0) is 23.1 Å². The first-order valence-electron chi connectivity index (χ1n) is 7.53. The molecule has 0 aliphatic carbocycles. The van der Waals surface area contributed by atoms with Gasteiger partial charge < -0.3 is 5.32 Å². The summed E-state index contributed by atoms with van der Waals surface area (Å²) < 4.78 is 0. The fourth-order valence-electron chi connectivity index (χ4n) is 3.08. The molecular formula is C19H21NO. The predicted octanol–water partition coefficient (Wildman–Crippen LogP) is 3.91. The lowest BCUT2D eigenvalue weighted by atomic mass is 9.77. The van der Waals surface area contributed by atoms with E-state index >= 15 is 0 Å². The van der Waals surface area contributed by atoms with Crippen LogP contribution < -0.4 is 5.32 Å². The van der Waals surface area contributed by atoms with Gasteiger partial charge in [0.1, 0.15) is 0 Å². The summed E-state index contributed by atoms with van der Waals surface area (Å²) in [5, 5.41) is 3.10. The molecule has 2 aromatic carbocycles. The summed E-state index contributed by atoms with van der Waals surface area (Å²) in [6, 6.07) is 19.3. The van der Waals surface area contributed by atoms with Crippen molar-refractivity contribution in [3.63, 3.8) is 0 Å². The summed E-state index contributed by atoms with van der Waals surface area (Å²) in [6.45, 7) is 4.42. The van der Waals surface area contributed by atoms with E-state index < -0.39 is 0 Å². The van der Waals surface area contributed by atoms with Crippen molar-refractivity contribution < 1.29 is 4.79 Å². The first kappa shape index (κ1) is 13.9. The molecule has 1 amide bonds. The molecule has 1 aliphatic rings. The van der Waals surface area contributed by atoms with Crippen LogP contribution in [0.2, 0.25) is 0 Å². The Morgan fingerprint density at radius 2 is 1.57 bits per heavy atom. The van der Waals surface area contributed by atoms with E-state index in [1.54, 1.807) is 0 Å². The molecule has 0 aromatic heterocycles. The van der Waals surface area contributed by atoms with Gasteiger partial charge in [-0.2, -0.15) is 0 Å². The van der Waals surface area contributed by atoms with E-state index in [0.29, 0.717) is 6.42 Å². The third-order valence-corrected chi connectivity index (χ3v) is 4.60. The van der Waals surface area contributed by atoms with E-state index in [0.717, 1.165) is 6.42 Å². The van der Waals surface area contributed by atoms with Crippen LogP contribution in [0.25, 0.3) is 11.1 Å². The van der Waals surface area contributed by atoms with Crippen LogP contribution in [0.1, 0.15) is 32.3 Å². The van der Waals surface area contributed by atoms with E-state index in [4.69, 9.17) is 0 Å². The first-order chi connectivity index (χ1) is 10.1. The Balaban J connectivity index is 1.85. The van der Waals surface area contributed by atoms with Crippen LogP contribution in [0.5, 0.6) is 0 Å². The summed E-state index contributed by atoms with van der Waals surface area (Å²) in [5.74, 6) is 0.175. The van der Waals surface area contributed by atoms with Crippen LogP contribution in [0.15, 0.2) is 54.6 Å². The minimum absolute atomic E-state index is 0.0403. The summed E-state index contributed by atoms with van der Waals surface area (Å²) in [7, 11) is 0. The second-order valence-corrected chi connectivity index (χ2v) is 6.32. The molecule has 2 heteroatoms. The van der Waals surface area contributed by atoms with Crippen LogP contribution in [0.3, 0.4) is 0 Å². The molecule has 1 N–H and O–H groups in total. The summed E-state index contributed by atoms with van der Waals surface area (Å²) in [6.07, 6.45) is 1.57. The average Bonchev–Trinajstić information content (AvgIpc) is 2.96. The van der Waals surface area contributed by atoms with Gasteiger partial charge in [0.2, 0.25) is 5.91 Å². The van der Waals surface area contributed by atoms with Gasteiger partial charge in [0.15, 0.2) is 0 Å². The smallest absolute Gasteiger partial charge is 0.220 e. The molecular weight excluding hydrogens is 258 g/mol. The largest absolute Gasteiger partial charge is 0.352 e. The van der Waals surface area contributed by atoms with Crippen molar-refractivity contribution in [3.05, 3.63) is 60.2 Å². The first-order valence-corrected chi connectivity index (χ1v) is 7.53. The van der Waals surface area contributed by atoms with Gasteiger partial charge in [0.05, 0.1) is 0 Å². The lowest BCUT2D eigenvalue weighted by molar-refractivity contribution is -0.119. The van der Waals surface area contributed by atoms with Gasteiger partial charge in [-0.25, -0.2) is 0 Å². The Labute approximate surface area is 126 Å². The SMILES string of the molecule is CC(C)(c1ccc(-c2ccccc2)cc1)C1CCC(=O)N1. The van der Waals surface area contributed by atoms with Crippen molar-refractivity contribution in [1.29, 1.82) is 0 Å². The highest BCUT2D eigenvalue weighted by Gasteiger charge is 2.35. The molecule has 2 nitrogen and oxygen atoms in total. The van der Waals surface area contributed by atoms with Gasteiger partial charge in [0, 0.05) is 17.9 Å². The molecule has 0 bridgehead atoms. The molecule has 0 radical (unpaired) electrons. The van der Waals surface area contributed by atoms with E-state index in [1.807, 2.05) is 6.07 Å². The second-order valence-electron chi connectivity index (χ2n) is 6.32. The van der Waals surface area contributed by atoms with E-state index in [1.165, 1.54) is 16.7 Å². The number of hydrogen-bond acceptors (Lipinski definition) is 1. The van der Waals surface area contributed by atoms with Crippen molar-refractivity contribution in [2.24, 2.45) is 0 Å². The van der Waals surface area contributed by atoms with Gasteiger partial charge in [-0.1, -0.05) is 68.4 Å². The molecule has 1 atom stereocenters. The van der Waals surface area contributed by atoms with Crippen molar-refractivity contribution in [2.75, 3.05) is 0 Å². The lowest BCUT2D eigenvalue weighted by Crippen LogP contribution is -2.41. The maximum Gasteiger partial charge on any atom is 0.220 e. The fraction of sp³-hybridized carbons (Fsp3) is 0.316. The standard InChI is InChI=1S/C19H21NO/c1-19(2,17-12-13-18(21)20-17)16-10-8-15(9-11-16)14-6-4-3-5-7-14/h3-11,17H,12-13H2,1-2H3,(H,20,21). The van der Waals surface area contributed by atoms with Gasteiger partial charge in [-0.15, -0.1) is 0 Å². The molecule has 1 fully saturated rings. The minimum Gasteiger partial charge on any atom is -0.352 e. The molecule has 108 valence electrons. The fourth-order valence-corrected chi connectivity index (χ4v) is 3.08. The van der Waals surface area contributed by atoms with Crippen LogP contribution in [-0.2, 0) is 10.2 Å². The van der Waals surface area contributed by atoms with Crippen molar-refractivity contribution >= 4 is 5.91 Å². The highest BCUT2D eigenvalue weighted by atomic mass is 16.1. The van der Waals surface area contributed by atoms with E-state index in [2.05, 4.69) is 67.7 Å². The van der Waals surface area contributed by atoms with Gasteiger partial charge in [0.25, 0.3) is 0 Å². The summed E-state index contributed by atoms with van der Waals surface area (Å²) in [4.78, 5) is 11.5. The Morgan fingerprint density at radius 3 is 2.14 bits per heavy atom. The Hall–Kier alpha value is -2.09. The molecule has 1 heterocycles. The summed E-state index contributed by atoms with van der Waals surface area (Å²) >= 11 is 0. The van der Waals surface area contributed by atoms with Crippen LogP contribution in [0, 0.1) is 0 Å². The Morgan fingerprint density at radius 1 is 0.952 bits per heavy atom. The highest BCUT2D eigenvalue weighted by Crippen LogP contribution is 2.33. The Kier molecular flexibility index (Phi) is 3.54. The number of benzene rings is 2. The zero-order valence-corrected chi connectivity index (χ0v) is 12.6. The number of carbonyl (C=O) groups is 1. The number of hydrogen-bond donors (Lipinski definition) is 1. The van der Waals surface area contributed by atoms with Gasteiger partial charge >= 0.3 is 0 Å². The third-order valence-electron chi connectivity index (χ3n) is 4.60. The normalized spacial score (nSPS) is 18.6. The van der Waals surface area contributed by atoms with Crippen LogP contribution in [-0.4, -0.2) is 11.9 Å². The van der Waals surface area contributed by atoms with Crippen LogP contribution in [0.4, 0.5) is 0 Å². The molecule has 1 aliphatic heterocycles. The summed E-state index contributed by atoms with van der Waals surface area (Å²) in [5.41, 5.74) is 3.69. The maximum atomic E-state index is 11.5. The minimum atomic E-state index is -0.0403. The number of rotatable bonds is 3. The van der Waals surface area contributed by atoms with E-state index in [9.17, 15) is 4.79 Å². The monoisotopic (exact) mass is 279 g/mol. The molecule has 1 unspecified atom stereocenters. The number of amides is 1. The van der Waals surface area contributed by atoms with Crippen molar-refractivity contribution in [2.45, 2.75) is 38.1 Å². The highest BCUT2D eigenvalue weighted by molar-refractivity contribution is 5.78. The van der Waals surface area contributed by atoms with Crippen molar-refractivity contribution in [1.82, 2.24) is 5.32 Å². The lowest BCUT2D eigenvalue weighted by Gasteiger charge is -2.32. The zero-order valence-electron chi connectivity index (χ0n) is 12.6. The zero-order chi connectivity index (χ0) is 14.9. The molecule has 0 saturated carbocycles. The maximum absolute atomic E-state index is 11.5. The quantitative estimate of drug-likeness (QED) is 0.906. The predicted molar refractivity (Wildman–Crippen MR) is 86.1 cm³/mol. The van der Waals surface area contributed by atoms with E-state index in [-0.39, 0.29) is 17.4 Å². The molecule has 21 heavy (non-hydrogen) atoms. The Bertz CT molecular complexity index is 628.